The lowest BCUT2D eigenvalue weighted by atomic mass is 10.3. The summed E-state index contributed by atoms with van der Waals surface area (Å²) >= 11 is 1.49. The predicted molar refractivity (Wildman–Crippen MR) is 83.2 cm³/mol. The first-order valence-electron chi connectivity index (χ1n) is 6.62. The fourth-order valence-corrected chi connectivity index (χ4v) is 2.62. The summed E-state index contributed by atoms with van der Waals surface area (Å²) in [7, 11) is 0. The van der Waals surface area contributed by atoms with Gasteiger partial charge in [0.1, 0.15) is 11.4 Å². The molecule has 1 amide bonds. The Morgan fingerprint density at radius 1 is 1.33 bits per heavy atom. The zero-order chi connectivity index (χ0) is 14.8. The lowest BCUT2D eigenvalue weighted by Crippen LogP contribution is -2.12. The van der Waals surface area contributed by atoms with Crippen LogP contribution >= 0.6 is 11.3 Å². The minimum absolute atomic E-state index is 0.129. The van der Waals surface area contributed by atoms with Gasteiger partial charge in [0.25, 0.3) is 5.91 Å². The molecule has 0 bridgehead atoms. The van der Waals surface area contributed by atoms with Gasteiger partial charge >= 0.3 is 0 Å². The van der Waals surface area contributed by atoms with Crippen LogP contribution in [-0.4, -0.2) is 21.4 Å². The molecule has 0 saturated carbocycles. The van der Waals surface area contributed by atoms with E-state index >= 15 is 0 Å². The summed E-state index contributed by atoms with van der Waals surface area (Å²) in [6.45, 7) is 3.94. The number of carbonyl (C=O) groups is 1. The zero-order valence-corrected chi connectivity index (χ0v) is 12.6. The van der Waals surface area contributed by atoms with Gasteiger partial charge in [-0.3, -0.25) is 9.20 Å². The Balaban J connectivity index is 1.70. The maximum atomic E-state index is 12.1. The van der Waals surface area contributed by atoms with Gasteiger partial charge < -0.3 is 10.1 Å². The molecule has 0 aliphatic heterocycles. The fourth-order valence-electron chi connectivity index (χ4n) is 1.92. The molecule has 21 heavy (non-hydrogen) atoms. The van der Waals surface area contributed by atoms with Crippen molar-refractivity contribution < 1.29 is 9.53 Å². The van der Waals surface area contributed by atoms with Gasteiger partial charge in [-0.15, -0.1) is 11.3 Å². The van der Waals surface area contributed by atoms with E-state index in [0.29, 0.717) is 11.4 Å². The van der Waals surface area contributed by atoms with Crippen LogP contribution in [0.2, 0.25) is 0 Å². The fraction of sp³-hybridized carbons (Fsp3) is 0.200. The van der Waals surface area contributed by atoms with E-state index in [9.17, 15) is 4.79 Å². The number of hydrogen-bond donors (Lipinski definition) is 1. The van der Waals surface area contributed by atoms with E-state index in [1.54, 1.807) is 6.20 Å². The van der Waals surface area contributed by atoms with Crippen molar-refractivity contribution in [2.75, 3.05) is 5.32 Å². The van der Waals surface area contributed by atoms with E-state index in [1.807, 2.05) is 54.1 Å². The molecule has 1 N–H and O–H groups in total. The van der Waals surface area contributed by atoms with E-state index in [1.165, 1.54) is 11.3 Å². The average molecular weight is 301 g/mol. The lowest BCUT2D eigenvalue weighted by Gasteiger charge is -2.10. The van der Waals surface area contributed by atoms with Crippen LogP contribution in [0.5, 0.6) is 5.75 Å². The maximum absolute atomic E-state index is 12.1. The third-order valence-electron chi connectivity index (χ3n) is 2.81. The van der Waals surface area contributed by atoms with Crippen molar-refractivity contribution in [1.29, 1.82) is 0 Å². The van der Waals surface area contributed by atoms with Crippen molar-refractivity contribution in [3.05, 3.63) is 47.7 Å². The number of aromatic nitrogens is 2. The molecular formula is C15H15N3O2S. The highest BCUT2D eigenvalue weighted by Gasteiger charge is 2.11. The summed E-state index contributed by atoms with van der Waals surface area (Å²) in [4.78, 5) is 17.2. The quantitative estimate of drug-likeness (QED) is 0.803. The van der Waals surface area contributed by atoms with Gasteiger partial charge in [-0.2, -0.15) is 0 Å². The predicted octanol–water partition coefficient (Wildman–Crippen LogP) is 3.44. The van der Waals surface area contributed by atoms with Crippen LogP contribution in [0.25, 0.3) is 4.96 Å². The monoisotopic (exact) mass is 301 g/mol. The molecule has 0 atom stereocenters. The largest absolute Gasteiger partial charge is 0.491 e. The third kappa shape index (κ3) is 3.05. The Bertz CT molecular complexity index is 730. The molecule has 6 heteroatoms. The smallest absolute Gasteiger partial charge is 0.275 e. The van der Waals surface area contributed by atoms with Crippen LogP contribution in [-0.2, 0) is 0 Å². The number of fused-ring (bicyclic) bond motifs is 1. The third-order valence-corrected chi connectivity index (χ3v) is 3.58. The molecule has 0 radical (unpaired) electrons. The van der Waals surface area contributed by atoms with Gasteiger partial charge in [-0.05, 0) is 38.1 Å². The van der Waals surface area contributed by atoms with Gasteiger partial charge in [0, 0.05) is 23.5 Å². The zero-order valence-electron chi connectivity index (χ0n) is 11.7. The van der Waals surface area contributed by atoms with Crippen LogP contribution in [0.15, 0.2) is 42.0 Å². The second-order valence-electron chi connectivity index (χ2n) is 4.86. The highest BCUT2D eigenvalue weighted by molar-refractivity contribution is 7.15. The first kappa shape index (κ1) is 13.6. The molecular weight excluding hydrogens is 286 g/mol. The Morgan fingerprint density at radius 3 is 2.76 bits per heavy atom. The number of nitrogens with one attached hydrogen (secondary N) is 1. The molecule has 0 aliphatic rings. The van der Waals surface area contributed by atoms with E-state index in [0.717, 1.165) is 10.7 Å². The van der Waals surface area contributed by atoms with Crippen LogP contribution in [0, 0.1) is 0 Å². The van der Waals surface area contributed by atoms with Crippen molar-refractivity contribution in [3.8, 4) is 5.75 Å². The van der Waals surface area contributed by atoms with E-state index in [4.69, 9.17) is 4.74 Å². The topological polar surface area (TPSA) is 55.6 Å². The first-order valence-corrected chi connectivity index (χ1v) is 7.50. The number of thiazole rings is 1. The molecule has 5 nitrogen and oxygen atoms in total. The molecule has 108 valence electrons. The molecule has 1 aromatic carbocycles. The molecule has 0 unspecified atom stereocenters. The second-order valence-corrected chi connectivity index (χ2v) is 5.74. The first-order chi connectivity index (χ1) is 10.1. The number of carbonyl (C=O) groups excluding carboxylic acids is 1. The lowest BCUT2D eigenvalue weighted by molar-refractivity contribution is 0.102. The molecule has 2 aromatic heterocycles. The van der Waals surface area contributed by atoms with E-state index in [-0.39, 0.29) is 12.0 Å². The van der Waals surface area contributed by atoms with Crippen molar-refractivity contribution in [3.63, 3.8) is 0 Å². The SMILES string of the molecule is CC(C)Oc1ccc(NC(=O)c2cn3ccsc3n2)cc1. The minimum Gasteiger partial charge on any atom is -0.491 e. The summed E-state index contributed by atoms with van der Waals surface area (Å²) in [6, 6.07) is 7.30. The van der Waals surface area contributed by atoms with Gasteiger partial charge in [0.05, 0.1) is 6.10 Å². The standard InChI is InChI=1S/C15H15N3O2S/c1-10(2)20-12-5-3-11(4-6-12)16-14(19)13-9-18-7-8-21-15(18)17-13/h3-10H,1-2H3,(H,16,19). The molecule has 0 fully saturated rings. The van der Waals surface area contributed by atoms with Gasteiger partial charge in [0.15, 0.2) is 4.96 Å². The number of amides is 1. The number of nitrogens with zero attached hydrogens (tertiary/aromatic N) is 2. The Hall–Kier alpha value is -2.34. The van der Waals surface area contributed by atoms with Crippen LogP contribution < -0.4 is 10.1 Å². The summed E-state index contributed by atoms with van der Waals surface area (Å²) in [5.74, 6) is 0.564. The van der Waals surface area contributed by atoms with E-state index in [2.05, 4.69) is 10.3 Å². The molecule has 0 spiro atoms. The molecule has 3 aromatic rings. The number of hydrogen-bond acceptors (Lipinski definition) is 4. The van der Waals surface area contributed by atoms with Crippen molar-refractivity contribution >= 4 is 27.9 Å². The number of rotatable bonds is 4. The van der Waals surface area contributed by atoms with Gasteiger partial charge in [-0.1, -0.05) is 0 Å². The Kier molecular flexibility index (Phi) is 3.62. The second kappa shape index (κ2) is 5.57. The highest BCUT2D eigenvalue weighted by Crippen LogP contribution is 2.18. The number of ether oxygens (including phenoxy) is 1. The summed E-state index contributed by atoms with van der Waals surface area (Å²) in [5, 5.41) is 4.75. The minimum atomic E-state index is -0.219. The Morgan fingerprint density at radius 2 is 2.10 bits per heavy atom. The van der Waals surface area contributed by atoms with Crippen molar-refractivity contribution in [1.82, 2.24) is 9.38 Å². The van der Waals surface area contributed by atoms with Crippen LogP contribution in [0.1, 0.15) is 24.3 Å². The average Bonchev–Trinajstić information content (AvgIpc) is 3.01. The van der Waals surface area contributed by atoms with Crippen molar-refractivity contribution in [2.45, 2.75) is 20.0 Å². The van der Waals surface area contributed by atoms with Crippen molar-refractivity contribution in [2.24, 2.45) is 0 Å². The number of benzene rings is 1. The summed E-state index contributed by atoms with van der Waals surface area (Å²) in [6.07, 6.45) is 3.73. The van der Waals surface area contributed by atoms with Gasteiger partial charge in [0.2, 0.25) is 0 Å². The normalized spacial score (nSPS) is 11.0. The molecule has 0 saturated heterocycles. The summed E-state index contributed by atoms with van der Waals surface area (Å²) < 4.78 is 7.39. The highest BCUT2D eigenvalue weighted by atomic mass is 32.1. The summed E-state index contributed by atoms with van der Waals surface area (Å²) in [5.41, 5.74) is 1.12. The van der Waals surface area contributed by atoms with Crippen LogP contribution in [0.4, 0.5) is 5.69 Å². The van der Waals surface area contributed by atoms with Gasteiger partial charge in [-0.25, -0.2) is 4.98 Å². The molecule has 0 aliphatic carbocycles. The number of imidazole rings is 1. The van der Waals surface area contributed by atoms with E-state index < -0.39 is 0 Å². The van der Waals surface area contributed by atoms with Crippen LogP contribution in [0.3, 0.4) is 0 Å². The molecule has 3 rings (SSSR count). The Labute approximate surface area is 126 Å². The molecule has 2 heterocycles. The maximum Gasteiger partial charge on any atom is 0.275 e. The number of anilines is 1.